The fraction of sp³-hybridized carbons (Fsp3) is 0.438. The number of aromatic amines is 1. The van der Waals surface area contributed by atoms with Crippen LogP contribution >= 0.6 is 0 Å². The molecule has 2 heterocycles. The summed E-state index contributed by atoms with van der Waals surface area (Å²) in [7, 11) is -3.61. The van der Waals surface area contributed by atoms with Crippen LogP contribution in [0.5, 0.6) is 0 Å². The molecule has 3 rings (SSSR count). The van der Waals surface area contributed by atoms with Crippen molar-refractivity contribution in [2.24, 2.45) is 0 Å². The highest BCUT2D eigenvalue weighted by atomic mass is 32.2. The van der Waals surface area contributed by atoms with Crippen molar-refractivity contribution < 1.29 is 13.2 Å². The first-order valence-corrected chi connectivity index (χ1v) is 9.05. The first kappa shape index (κ1) is 16.2. The van der Waals surface area contributed by atoms with Gasteiger partial charge in [0.1, 0.15) is 4.90 Å². The van der Waals surface area contributed by atoms with Gasteiger partial charge in [0.2, 0.25) is 10.0 Å². The number of sulfonamides is 1. The average Bonchev–Trinajstić information content (AvgIpc) is 2.88. The van der Waals surface area contributed by atoms with E-state index in [1.165, 1.54) is 4.31 Å². The van der Waals surface area contributed by atoms with E-state index >= 15 is 0 Å². The third-order valence-electron chi connectivity index (χ3n) is 4.17. The van der Waals surface area contributed by atoms with Gasteiger partial charge in [-0.2, -0.15) is 9.40 Å². The molecule has 124 valence electrons. The summed E-state index contributed by atoms with van der Waals surface area (Å²) in [6.45, 7) is 5.97. The SMILES string of the molecule is Cc1n[nH]c(C)c1S(=O)(=O)N1CC(c2ccccc2)OCC1C. The number of rotatable bonds is 3. The highest BCUT2D eigenvalue weighted by molar-refractivity contribution is 7.89. The maximum atomic E-state index is 13.1. The van der Waals surface area contributed by atoms with E-state index in [1.807, 2.05) is 37.3 Å². The van der Waals surface area contributed by atoms with Crippen molar-refractivity contribution in [2.45, 2.75) is 37.8 Å². The van der Waals surface area contributed by atoms with Crippen LogP contribution in [-0.4, -0.2) is 42.1 Å². The Morgan fingerprint density at radius 2 is 1.96 bits per heavy atom. The molecule has 23 heavy (non-hydrogen) atoms. The van der Waals surface area contributed by atoms with Gasteiger partial charge in [0.25, 0.3) is 0 Å². The predicted molar refractivity (Wildman–Crippen MR) is 86.6 cm³/mol. The molecule has 1 fully saturated rings. The van der Waals surface area contributed by atoms with Crippen LogP contribution in [0.2, 0.25) is 0 Å². The summed E-state index contributed by atoms with van der Waals surface area (Å²) in [4.78, 5) is 0.276. The van der Waals surface area contributed by atoms with Crippen LogP contribution in [0, 0.1) is 13.8 Å². The smallest absolute Gasteiger partial charge is 0.247 e. The molecule has 0 bridgehead atoms. The molecule has 0 saturated carbocycles. The van der Waals surface area contributed by atoms with E-state index in [2.05, 4.69) is 10.2 Å². The summed E-state index contributed by atoms with van der Waals surface area (Å²) >= 11 is 0. The lowest BCUT2D eigenvalue weighted by Crippen LogP contribution is -2.48. The van der Waals surface area contributed by atoms with E-state index in [-0.39, 0.29) is 17.0 Å². The van der Waals surface area contributed by atoms with Crippen molar-refractivity contribution in [1.29, 1.82) is 0 Å². The molecule has 0 amide bonds. The lowest BCUT2D eigenvalue weighted by Gasteiger charge is -2.37. The Morgan fingerprint density at radius 1 is 1.26 bits per heavy atom. The number of hydrogen-bond acceptors (Lipinski definition) is 4. The number of morpholine rings is 1. The van der Waals surface area contributed by atoms with Gasteiger partial charge in [-0.1, -0.05) is 30.3 Å². The minimum Gasteiger partial charge on any atom is -0.370 e. The largest absolute Gasteiger partial charge is 0.370 e. The highest BCUT2D eigenvalue weighted by Crippen LogP contribution is 2.31. The van der Waals surface area contributed by atoms with Crippen molar-refractivity contribution in [3.63, 3.8) is 0 Å². The maximum absolute atomic E-state index is 13.1. The Labute approximate surface area is 136 Å². The highest BCUT2D eigenvalue weighted by Gasteiger charge is 2.38. The Hall–Kier alpha value is -1.70. The summed E-state index contributed by atoms with van der Waals surface area (Å²) < 4.78 is 33.6. The molecule has 0 aliphatic carbocycles. The van der Waals surface area contributed by atoms with Crippen molar-refractivity contribution in [1.82, 2.24) is 14.5 Å². The van der Waals surface area contributed by atoms with Crippen LogP contribution in [0.3, 0.4) is 0 Å². The first-order chi connectivity index (χ1) is 10.9. The maximum Gasteiger partial charge on any atom is 0.247 e. The average molecular weight is 335 g/mol. The van der Waals surface area contributed by atoms with Crippen molar-refractivity contribution in [3.8, 4) is 0 Å². The zero-order valence-electron chi connectivity index (χ0n) is 13.5. The number of aryl methyl sites for hydroxylation is 2. The molecule has 1 aromatic heterocycles. The van der Waals surface area contributed by atoms with Gasteiger partial charge in [-0.3, -0.25) is 5.10 Å². The normalized spacial score (nSPS) is 23.1. The number of hydrogen-bond donors (Lipinski definition) is 1. The van der Waals surface area contributed by atoms with Crippen molar-refractivity contribution in [2.75, 3.05) is 13.2 Å². The minimum absolute atomic E-state index is 0.214. The van der Waals surface area contributed by atoms with Crippen LogP contribution < -0.4 is 0 Å². The van der Waals surface area contributed by atoms with Crippen molar-refractivity contribution in [3.05, 3.63) is 47.3 Å². The Morgan fingerprint density at radius 3 is 2.57 bits per heavy atom. The molecule has 1 aliphatic heterocycles. The molecule has 1 N–H and O–H groups in total. The number of H-pyrrole nitrogens is 1. The Bertz CT molecular complexity index is 767. The lowest BCUT2D eigenvalue weighted by molar-refractivity contribution is -0.0288. The van der Waals surface area contributed by atoms with Crippen molar-refractivity contribution >= 4 is 10.0 Å². The fourth-order valence-corrected chi connectivity index (χ4v) is 4.93. The fourth-order valence-electron chi connectivity index (χ4n) is 2.98. The summed E-state index contributed by atoms with van der Waals surface area (Å²) in [6, 6.07) is 9.50. The zero-order valence-corrected chi connectivity index (χ0v) is 14.3. The summed E-state index contributed by atoms with van der Waals surface area (Å²) in [5.41, 5.74) is 2.05. The molecule has 2 atom stereocenters. The molecule has 1 aromatic carbocycles. The van der Waals surface area contributed by atoms with Gasteiger partial charge in [0.05, 0.1) is 24.1 Å². The van der Waals surface area contributed by atoms with Gasteiger partial charge in [-0.15, -0.1) is 0 Å². The number of aromatic nitrogens is 2. The molecule has 0 spiro atoms. The summed E-state index contributed by atoms with van der Waals surface area (Å²) in [5, 5.41) is 6.77. The molecule has 1 saturated heterocycles. The molecular weight excluding hydrogens is 314 g/mol. The van der Waals surface area contributed by atoms with E-state index in [4.69, 9.17) is 4.74 Å². The number of ether oxygens (including phenoxy) is 1. The summed E-state index contributed by atoms with van der Waals surface area (Å²) in [6.07, 6.45) is -0.255. The quantitative estimate of drug-likeness (QED) is 0.933. The number of nitrogens with zero attached hydrogens (tertiary/aromatic N) is 2. The predicted octanol–water partition coefficient (Wildman–Crippen LogP) is 2.18. The molecule has 2 aromatic rings. The second-order valence-electron chi connectivity index (χ2n) is 5.92. The summed E-state index contributed by atoms with van der Waals surface area (Å²) in [5.74, 6) is 0. The van der Waals surface area contributed by atoms with E-state index in [1.54, 1.807) is 13.8 Å². The van der Waals surface area contributed by atoms with Crippen LogP contribution in [0.25, 0.3) is 0 Å². The monoisotopic (exact) mass is 335 g/mol. The van der Waals surface area contributed by atoms with E-state index < -0.39 is 10.0 Å². The Kier molecular flexibility index (Phi) is 4.27. The van der Waals surface area contributed by atoms with Gasteiger partial charge in [0, 0.05) is 12.6 Å². The minimum atomic E-state index is -3.61. The van der Waals surface area contributed by atoms with Gasteiger partial charge < -0.3 is 4.74 Å². The molecule has 2 unspecified atom stereocenters. The molecule has 6 nitrogen and oxygen atoms in total. The van der Waals surface area contributed by atoms with Crippen LogP contribution in [0.4, 0.5) is 0 Å². The van der Waals surface area contributed by atoms with Crippen LogP contribution in [-0.2, 0) is 14.8 Å². The third-order valence-corrected chi connectivity index (χ3v) is 6.42. The van der Waals surface area contributed by atoms with E-state index in [9.17, 15) is 8.42 Å². The second kappa shape index (κ2) is 6.07. The zero-order chi connectivity index (χ0) is 16.6. The van der Waals surface area contributed by atoms with Crippen LogP contribution in [0.15, 0.2) is 35.2 Å². The molecule has 0 radical (unpaired) electrons. The van der Waals surface area contributed by atoms with Gasteiger partial charge in [0.15, 0.2) is 0 Å². The van der Waals surface area contributed by atoms with Crippen LogP contribution in [0.1, 0.15) is 30.0 Å². The topological polar surface area (TPSA) is 75.3 Å². The number of nitrogens with one attached hydrogen (secondary N) is 1. The van der Waals surface area contributed by atoms with Gasteiger partial charge in [-0.25, -0.2) is 8.42 Å². The third kappa shape index (κ3) is 2.91. The van der Waals surface area contributed by atoms with Gasteiger partial charge in [-0.05, 0) is 26.3 Å². The molecule has 1 aliphatic rings. The number of benzene rings is 1. The standard InChI is InChI=1S/C16H21N3O3S/c1-11-10-22-15(14-7-5-4-6-8-14)9-19(11)23(20,21)16-12(2)17-18-13(16)3/h4-8,11,15H,9-10H2,1-3H3,(H,17,18). The van der Waals surface area contributed by atoms with Gasteiger partial charge >= 0.3 is 0 Å². The lowest BCUT2D eigenvalue weighted by atomic mass is 10.1. The second-order valence-corrected chi connectivity index (χ2v) is 7.75. The molecule has 7 heteroatoms. The first-order valence-electron chi connectivity index (χ1n) is 7.61. The van der Waals surface area contributed by atoms with E-state index in [0.29, 0.717) is 24.5 Å². The molecular formula is C16H21N3O3S. The Balaban J connectivity index is 1.94. The van der Waals surface area contributed by atoms with E-state index in [0.717, 1.165) is 5.56 Å².